The summed E-state index contributed by atoms with van der Waals surface area (Å²) in [5, 5.41) is 0. The van der Waals surface area contributed by atoms with Crippen LogP contribution >= 0.6 is 0 Å². The number of carbonyl (C=O) groups excluding carboxylic acids is 1. The van der Waals surface area contributed by atoms with E-state index in [2.05, 4.69) is 61.5 Å². The second-order valence-electron chi connectivity index (χ2n) is 7.54. The van der Waals surface area contributed by atoms with Crippen LogP contribution in [0.5, 0.6) is 5.75 Å². The molecular formula is C25H25NO2. The van der Waals surface area contributed by atoms with Gasteiger partial charge in [-0.15, -0.1) is 0 Å². The number of likely N-dealkylation sites (N-methyl/N-ethyl adjacent to an activating group) is 1. The first-order valence-corrected chi connectivity index (χ1v) is 9.71. The van der Waals surface area contributed by atoms with Crippen LogP contribution in [0.3, 0.4) is 0 Å². The van der Waals surface area contributed by atoms with Crippen LogP contribution in [-0.2, 0) is 11.2 Å². The number of ether oxygens (including phenoxy) is 1. The Morgan fingerprint density at radius 3 is 2.36 bits per heavy atom. The zero-order valence-electron chi connectivity index (χ0n) is 16.6. The molecule has 0 saturated carbocycles. The Balaban J connectivity index is 1.67. The molecule has 0 aromatic heterocycles. The molecular weight excluding hydrogens is 346 g/mol. The van der Waals surface area contributed by atoms with Crippen molar-refractivity contribution in [2.75, 3.05) is 14.1 Å². The smallest absolute Gasteiger partial charge is 0.263 e. The third kappa shape index (κ3) is 3.40. The van der Waals surface area contributed by atoms with Crippen molar-refractivity contribution in [1.82, 2.24) is 4.90 Å². The molecule has 0 aliphatic carbocycles. The lowest BCUT2D eigenvalue weighted by molar-refractivity contribution is -0.136. The van der Waals surface area contributed by atoms with Gasteiger partial charge in [-0.2, -0.15) is 0 Å². The Morgan fingerprint density at radius 1 is 0.929 bits per heavy atom. The van der Waals surface area contributed by atoms with Crippen molar-refractivity contribution in [3.05, 3.63) is 77.9 Å². The molecule has 1 atom stereocenters. The molecule has 0 radical (unpaired) electrons. The molecule has 4 rings (SSSR count). The Bertz CT molecular complexity index is 1010. The molecule has 3 heteroatoms. The zero-order chi connectivity index (χ0) is 19.7. The average molecular weight is 371 g/mol. The second kappa shape index (κ2) is 7.51. The highest BCUT2D eigenvalue weighted by Crippen LogP contribution is 2.36. The normalized spacial score (nSPS) is 15.5. The van der Waals surface area contributed by atoms with E-state index in [4.69, 9.17) is 4.74 Å². The van der Waals surface area contributed by atoms with Crippen molar-refractivity contribution in [3.8, 4) is 28.0 Å². The minimum Gasteiger partial charge on any atom is -0.480 e. The van der Waals surface area contributed by atoms with Gasteiger partial charge in [-0.1, -0.05) is 54.6 Å². The Morgan fingerprint density at radius 2 is 1.64 bits per heavy atom. The number of carbonyl (C=O) groups is 1. The number of fused-ring (bicyclic) bond motifs is 1. The first-order valence-electron chi connectivity index (χ1n) is 9.71. The first kappa shape index (κ1) is 18.3. The topological polar surface area (TPSA) is 29.5 Å². The summed E-state index contributed by atoms with van der Waals surface area (Å²) in [6.45, 7) is 2.18. The lowest BCUT2D eigenvalue weighted by Crippen LogP contribution is -2.39. The summed E-state index contributed by atoms with van der Waals surface area (Å²) in [4.78, 5) is 13.8. The van der Waals surface area contributed by atoms with Crippen molar-refractivity contribution in [2.24, 2.45) is 0 Å². The van der Waals surface area contributed by atoms with Gasteiger partial charge in [0.2, 0.25) is 0 Å². The quantitative estimate of drug-likeness (QED) is 0.640. The number of hydrogen-bond donors (Lipinski definition) is 0. The van der Waals surface area contributed by atoms with E-state index in [0.717, 1.165) is 18.6 Å². The Labute approximate surface area is 166 Å². The molecule has 1 aliphatic heterocycles. The maximum absolute atomic E-state index is 12.2. The fourth-order valence-electron chi connectivity index (χ4n) is 3.90. The van der Waals surface area contributed by atoms with Gasteiger partial charge < -0.3 is 9.64 Å². The molecule has 1 heterocycles. The minimum atomic E-state index is -0.378. The number of hydrogen-bond acceptors (Lipinski definition) is 2. The van der Waals surface area contributed by atoms with Crippen LogP contribution in [0.1, 0.15) is 17.5 Å². The predicted molar refractivity (Wildman–Crippen MR) is 113 cm³/mol. The number of aryl methyl sites for hydroxylation is 1. The maximum atomic E-state index is 12.2. The molecule has 3 nitrogen and oxygen atoms in total. The summed E-state index contributed by atoms with van der Waals surface area (Å²) < 4.78 is 5.98. The summed E-state index contributed by atoms with van der Waals surface area (Å²) in [5.41, 5.74) is 7.35. The number of rotatable bonds is 3. The molecule has 1 unspecified atom stereocenters. The third-order valence-corrected chi connectivity index (χ3v) is 5.45. The lowest BCUT2D eigenvalue weighted by atomic mass is 9.91. The highest BCUT2D eigenvalue weighted by molar-refractivity contribution is 5.82. The Kier molecular flexibility index (Phi) is 4.91. The molecule has 0 saturated heterocycles. The van der Waals surface area contributed by atoms with Gasteiger partial charge in [0.1, 0.15) is 5.75 Å². The fraction of sp³-hybridized carbons (Fsp3) is 0.240. The van der Waals surface area contributed by atoms with Crippen LogP contribution in [0.2, 0.25) is 0 Å². The van der Waals surface area contributed by atoms with Crippen LogP contribution in [0.4, 0.5) is 0 Å². The van der Waals surface area contributed by atoms with E-state index in [1.807, 2.05) is 12.1 Å². The highest BCUT2D eigenvalue weighted by atomic mass is 16.5. The van der Waals surface area contributed by atoms with Crippen LogP contribution < -0.4 is 4.74 Å². The molecule has 142 valence electrons. The Hall–Kier alpha value is -3.07. The fourth-order valence-corrected chi connectivity index (χ4v) is 3.90. The first-order chi connectivity index (χ1) is 13.5. The average Bonchev–Trinajstić information content (AvgIpc) is 2.73. The van der Waals surface area contributed by atoms with Crippen molar-refractivity contribution in [3.63, 3.8) is 0 Å². The molecule has 3 aromatic carbocycles. The molecule has 0 spiro atoms. The molecule has 0 fully saturated rings. The van der Waals surface area contributed by atoms with Gasteiger partial charge in [-0.25, -0.2) is 0 Å². The predicted octanol–water partition coefficient (Wildman–Crippen LogP) is 5.11. The van der Waals surface area contributed by atoms with Gasteiger partial charge in [0.25, 0.3) is 5.91 Å². The maximum Gasteiger partial charge on any atom is 0.263 e. The zero-order valence-corrected chi connectivity index (χ0v) is 16.6. The molecule has 1 amide bonds. The van der Waals surface area contributed by atoms with E-state index in [9.17, 15) is 4.79 Å². The molecule has 1 aliphatic rings. The van der Waals surface area contributed by atoms with Gasteiger partial charge in [-0.3, -0.25) is 4.79 Å². The molecule has 0 N–H and O–H groups in total. The van der Waals surface area contributed by atoms with Crippen molar-refractivity contribution >= 4 is 5.91 Å². The van der Waals surface area contributed by atoms with Gasteiger partial charge in [0.05, 0.1) is 0 Å². The lowest BCUT2D eigenvalue weighted by Gasteiger charge is -2.27. The van der Waals surface area contributed by atoms with Crippen LogP contribution in [-0.4, -0.2) is 31.0 Å². The second-order valence-corrected chi connectivity index (χ2v) is 7.54. The number of benzene rings is 3. The molecule has 0 bridgehead atoms. The van der Waals surface area contributed by atoms with Crippen LogP contribution in [0.15, 0.2) is 66.7 Å². The summed E-state index contributed by atoms with van der Waals surface area (Å²) in [7, 11) is 3.54. The highest BCUT2D eigenvalue weighted by Gasteiger charge is 2.27. The van der Waals surface area contributed by atoms with Crippen molar-refractivity contribution in [2.45, 2.75) is 25.9 Å². The summed E-state index contributed by atoms with van der Waals surface area (Å²) in [6, 6.07) is 23.3. The number of nitrogens with zero attached hydrogens (tertiary/aromatic N) is 1. The van der Waals surface area contributed by atoms with Crippen molar-refractivity contribution in [1.29, 1.82) is 0 Å². The standard InChI is InChI=1S/C25H25NO2/c1-17-21(18-8-5-4-6-9-18)10-7-11-22(17)19-12-14-23-20(16-19)13-15-24(28-23)25(27)26(2)3/h4-12,14,16,24H,13,15H2,1-3H3. The largest absolute Gasteiger partial charge is 0.480 e. The van der Waals surface area contributed by atoms with E-state index < -0.39 is 0 Å². The van der Waals surface area contributed by atoms with Crippen LogP contribution in [0.25, 0.3) is 22.3 Å². The minimum absolute atomic E-state index is 0.0288. The van der Waals surface area contributed by atoms with Gasteiger partial charge in [0.15, 0.2) is 6.10 Å². The summed E-state index contributed by atoms with van der Waals surface area (Å²) in [6.07, 6.45) is 1.19. The summed E-state index contributed by atoms with van der Waals surface area (Å²) in [5.74, 6) is 0.855. The van der Waals surface area contributed by atoms with E-state index in [1.165, 1.54) is 33.4 Å². The number of amides is 1. The molecule has 28 heavy (non-hydrogen) atoms. The van der Waals surface area contributed by atoms with Crippen molar-refractivity contribution < 1.29 is 9.53 Å². The summed E-state index contributed by atoms with van der Waals surface area (Å²) >= 11 is 0. The SMILES string of the molecule is Cc1c(-c2ccccc2)cccc1-c1ccc2c(c1)CCC(C(=O)N(C)C)O2. The van der Waals surface area contributed by atoms with E-state index in [1.54, 1.807) is 19.0 Å². The van der Waals surface area contributed by atoms with Gasteiger partial charge >= 0.3 is 0 Å². The third-order valence-electron chi connectivity index (χ3n) is 5.45. The van der Waals surface area contributed by atoms with Crippen LogP contribution in [0, 0.1) is 6.92 Å². The van der Waals surface area contributed by atoms with E-state index >= 15 is 0 Å². The van der Waals surface area contributed by atoms with E-state index in [0.29, 0.717) is 0 Å². The van der Waals surface area contributed by atoms with Gasteiger partial charge in [0, 0.05) is 14.1 Å². The molecule has 3 aromatic rings. The van der Waals surface area contributed by atoms with Gasteiger partial charge in [-0.05, 0) is 65.3 Å². The van der Waals surface area contributed by atoms with E-state index in [-0.39, 0.29) is 12.0 Å². The monoisotopic (exact) mass is 371 g/mol.